The Balaban J connectivity index is 1.91. The van der Waals surface area contributed by atoms with Crippen LogP contribution in [0.2, 0.25) is 0 Å². The highest BCUT2D eigenvalue weighted by Gasteiger charge is 2.17. The van der Waals surface area contributed by atoms with Crippen molar-refractivity contribution in [3.8, 4) is 5.75 Å². The van der Waals surface area contributed by atoms with Gasteiger partial charge in [-0.2, -0.15) is 8.42 Å². The lowest BCUT2D eigenvalue weighted by Gasteiger charge is -2.18. The highest BCUT2D eigenvalue weighted by Crippen LogP contribution is 2.32. The van der Waals surface area contributed by atoms with Crippen LogP contribution >= 0.6 is 0 Å². The first-order valence-corrected chi connectivity index (χ1v) is 8.73. The minimum atomic E-state index is -3.93. The van der Waals surface area contributed by atoms with E-state index in [0.29, 0.717) is 6.54 Å². The van der Waals surface area contributed by atoms with Gasteiger partial charge in [-0.25, -0.2) is 0 Å². The molecule has 0 aliphatic carbocycles. The smallest absolute Gasteiger partial charge is 0.265 e. The molecular weight excluding hydrogens is 290 g/mol. The fraction of sp³-hybridized carbons (Fsp3) is 0.467. The average molecular weight is 309 g/mol. The molecule has 3 rings (SSSR count). The summed E-state index contributed by atoms with van der Waals surface area (Å²) in [6, 6.07) is 6.06. The quantitative estimate of drug-likeness (QED) is 0.881. The van der Waals surface area contributed by atoms with Crippen molar-refractivity contribution in [3.63, 3.8) is 0 Å². The number of hydrogen-bond donors (Lipinski definition) is 1. The van der Waals surface area contributed by atoms with E-state index in [-0.39, 0.29) is 11.7 Å². The fourth-order valence-corrected chi connectivity index (χ4v) is 3.87. The summed E-state index contributed by atoms with van der Waals surface area (Å²) < 4.78 is 38.6. The third-order valence-corrected chi connectivity index (χ3v) is 4.84. The third kappa shape index (κ3) is 3.06. The number of fused-ring (bicyclic) bond motifs is 3. The van der Waals surface area contributed by atoms with Crippen LogP contribution in [0.25, 0.3) is 10.9 Å². The molecule has 1 aromatic carbocycles. The van der Waals surface area contributed by atoms with E-state index in [1.54, 1.807) is 0 Å². The van der Waals surface area contributed by atoms with Gasteiger partial charge >= 0.3 is 0 Å². The van der Waals surface area contributed by atoms with E-state index in [4.69, 9.17) is 9.29 Å². The van der Waals surface area contributed by atoms with Gasteiger partial charge < -0.3 is 9.30 Å². The lowest BCUT2D eigenvalue weighted by Crippen LogP contribution is -2.17. The SMILES string of the molecule is C[C@@H](Cn1ccc2c3c(ccc21)OCCC3)CS(=O)(=O)O. The standard InChI is InChI=1S/C15H19NO4S/c1-11(10-21(17,18)19)9-16-7-6-12-13-3-2-8-20-15(13)5-4-14(12)16/h4-7,11H,2-3,8-10H2,1H3,(H,17,18,19)/t11-/m0/s1. The van der Waals surface area contributed by atoms with Gasteiger partial charge in [0.2, 0.25) is 0 Å². The Morgan fingerprint density at radius 2 is 2.19 bits per heavy atom. The van der Waals surface area contributed by atoms with Crippen molar-refractivity contribution in [2.45, 2.75) is 26.3 Å². The number of ether oxygens (including phenoxy) is 1. The molecule has 1 aliphatic rings. The molecule has 1 atom stereocenters. The number of aryl methyl sites for hydroxylation is 1. The van der Waals surface area contributed by atoms with Crippen molar-refractivity contribution >= 4 is 21.0 Å². The fourth-order valence-electron chi connectivity index (χ4n) is 3.04. The molecule has 0 saturated carbocycles. The number of nitrogens with zero attached hydrogens (tertiary/aromatic N) is 1. The number of hydrogen-bond acceptors (Lipinski definition) is 3. The highest BCUT2D eigenvalue weighted by atomic mass is 32.2. The van der Waals surface area contributed by atoms with Crippen LogP contribution in [-0.2, 0) is 23.1 Å². The normalized spacial score (nSPS) is 16.5. The lowest BCUT2D eigenvalue weighted by molar-refractivity contribution is 0.289. The zero-order valence-corrected chi connectivity index (χ0v) is 12.8. The second-order valence-corrected chi connectivity index (χ2v) is 7.25. The van der Waals surface area contributed by atoms with E-state index in [2.05, 4.69) is 6.07 Å². The van der Waals surface area contributed by atoms with Crippen LogP contribution < -0.4 is 4.74 Å². The third-order valence-electron chi connectivity index (χ3n) is 3.85. The molecule has 5 nitrogen and oxygen atoms in total. The van der Waals surface area contributed by atoms with Crippen molar-refractivity contribution in [3.05, 3.63) is 30.0 Å². The van der Waals surface area contributed by atoms with Crippen LogP contribution in [0.5, 0.6) is 5.75 Å². The molecule has 1 aliphatic heterocycles. The van der Waals surface area contributed by atoms with Crippen LogP contribution in [0.4, 0.5) is 0 Å². The van der Waals surface area contributed by atoms with E-state index >= 15 is 0 Å². The highest BCUT2D eigenvalue weighted by molar-refractivity contribution is 7.85. The predicted octanol–water partition coefficient (Wildman–Crippen LogP) is 2.49. The largest absolute Gasteiger partial charge is 0.493 e. The first-order chi connectivity index (χ1) is 9.94. The monoisotopic (exact) mass is 309 g/mol. The maximum atomic E-state index is 11.0. The molecular formula is C15H19NO4S. The Hall–Kier alpha value is -1.53. The van der Waals surface area contributed by atoms with E-state index in [9.17, 15) is 8.42 Å². The van der Waals surface area contributed by atoms with Gasteiger partial charge in [0, 0.05) is 29.2 Å². The molecule has 0 saturated heterocycles. The van der Waals surface area contributed by atoms with Gasteiger partial charge in [0.05, 0.1) is 12.4 Å². The van der Waals surface area contributed by atoms with Gasteiger partial charge in [0.15, 0.2) is 0 Å². The first-order valence-electron chi connectivity index (χ1n) is 7.13. The Labute approximate surface area is 124 Å². The zero-order chi connectivity index (χ0) is 15.0. The van der Waals surface area contributed by atoms with Crippen LogP contribution in [0.1, 0.15) is 18.9 Å². The summed E-state index contributed by atoms with van der Waals surface area (Å²) in [5, 5.41) is 1.17. The van der Waals surface area contributed by atoms with Gasteiger partial charge in [-0.3, -0.25) is 4.55 Å². The van der Waals surface area contributed by atoms with Crippen LogP contribution in [0.3, 0.4) is 0 Å². The second-order valence-electron chi connectivity index (χ2n) is 5.75. The molecule has 0 amide bonds. The zero-order valence-electron chi connectivity index (χ0n) is 11.9. The molecule has 1 N–H and O–H groups in total. The summed E-state index contributed by atoms with van der Waals surface area (Å²) >= 11 is 0. The van der Waals surface area contributed by atoms with Gasteiger partial charge in [0.25, 0.3) is 10.1 Å². The Morgan fingerprint density at radius 1 is 1.38 bits per heavy atom. The van der Waals surface area contributed by atoms with E-state index in [0.717, 1.165) is 30.7 Å². The summed E-state index contributed by atoms with van der Waals surface area (Å²) in [5.74, 6) is 0.584. The van der Waals surface area contributed by atoms with E-state index in [1.165, 1.54) is 10.9 Å². The molecule has 1 aromatic heterocycles. The first kappa shape index (κ1) is 14.4. The molecule has 0 bridgehead atoms. The molecule has 2 heterocycles. The number of rotatable bonds is 4. The molecule has 2 aromatic rings. The van der Waals surface area contributed by atoms with Gasteiger partial charge in [-0.05, 0) is 37.0 Å². The molecule has 6 heteroatoms. The van der Waals surface area contributed by atoms with Gasteiger partial charge in [-0.15, -0.1) is 0 Å². The van der Waals surface area contributed by atoms with Crippen molar-refractivity contribution in [2.24, 2.45) is 5.92 Å². The average Bonchev–Trinajstić information content (AvgIpc) is 2.80. The van der Waals surface area contributed by atoms with E-state index < -0.39 is 10.1 Å². The van der Waals surface area contributed by atoms with Crippen molar-refractivity contribution in [1.29, 1.82) is 0 Å². The summed E-state index contributed by atoms with van der Waals surface area (Å²) in [6.07, 6.45) is 4.01. The molecule has 0 fully saturated rings. The van der Waals surface area contributed by atoms with E-state index in [1.807, 2.05) is 29.8 Å². The number of benzene rings is 1. The van der Waals surface area contributed by atoms with Crippen molar-refractivity contribution in [1.82, 2.24) is 4.57 Å². The van der Waals surface area contributed by atoms with Gasteiger partial charge in [-0.1, -0.05) is 6.92 Å². The van der Waals surface area contributed by atoms with Crippen LogP contribution in [-0.4, -0.2) is 29.9 Å². The summed E-state index contributed by atoms with van der Waals surface area (Å²) in [5.41, 5.74) is 2.32. The topological polar surface area (TPSA) is 68.5 Å². The van der Waals surface area contributed by atoms with Gasteiger partial charge in [0.1, 0.15) is 5.75 Å². The minimum Gasteiger partial charge on any atom is -0.493 e. The lowest BCUT2D eigenvalue weighted by atomic mass is 10.0. The maximum Gasteiger partial charge on any atom is 0.265 e. The summed E-state index contributed by atoms with van der Waals surface area (Å²) in [6.45, 7) is 3.15. The van der Waals surface area contributed by atoms with Crippen molar-refractivity contribution < 1.29 is 17.7 Å². The molecule has 0 spiro atoms. The van der Waals surface area contributed by atoms with Crippen LogP contribution in [0, 0.1) is 5.92 Å². The summed E-state index contributed by atoms with van der Waals surface area (Å²) in [7, 11) is -3.93. The maximum absolute atomic E-state index is 11.0. The Kier molecular flexibility index (Phi) is 3.67. The molecule has 21 heavy (non-hydrogen) atoms. The Morgan fingerprint density at radius 3 is 2.95 bits per heavy atom. The van der Waals surface area contributed by atoms with Crippen LogP contribution in [0.15, 0.2) is 24.4 Å². The Bertz CT molecular complexity index is 763. The molecule has 114 valence electrons. The summed E-state index contributed by atoms with van der Waals surface area (Å²) in [4.78, 5) is 0. The number of aromatic nitrogens is 1. The predicted molar refractivity (Wildman–Crippen MR) is 81.3 cm³/mol. The molecule has 0 radical (unpaired) electrons. The minimum absolute atomic E-state index is 0.150. The van der Waals surface area contributed by atoms with Crippen molar-refractivity contribution in [2.75, 3.05) is 12.4 Å². The second kappa shape index (κ2) is 5.35. The molecule has 0 unspecified atom stereocenters.